The smallest absolute Gasteiger partial charge is 0.165 e. The number of hydrogen-bond donors (Lipinski definition) is 0. The van der Waals surface area contributed by atoms with Crippen molar-refractivity contribution in [2.75, 3.05) is 0 Å². The Morgan fingerprint density at radius 2 is 1.78 bits per heavy atom. The summed E-state index contributed by atoms with van der Waals surface area (Å²) in [5.74, 6) is 1.57. The summed E-state index contributed by atoms with van der Waals surface area (Å²) in [6, 6.07) is 1.76. The van der Waals surface area contributed by atoms with Crippen molar-refractivity contribution in [3.05, 3.63) is 23.4 Å². The number of halogens is 1. The Morgan fingerprint density at radius 3 is 2.56 bits per heavy atom. The van der Waals surface area contributed by atoms with Gasteiger partial charge in [-0.3, -0.25) is 4.40 Å². The summed E-state index contributed by atoms with van der Waals surface area (Å²) in [5, 5.41) is 9.02. The molecule has 0 saturated heterocycles. The van der Waals surface area contributed by atoms with Crippen molar-refractivity contribution >= 4 is 17.2 Å². The number of nitrogens with zero attached hydrogens (tertiary/aromatic N) is 4. The largest absolute Gasteiger partial charge is 0.269 e. The van der Waals surface area contributed by atoms with Crippen LogP contribution in [0, 0.1) is 0 Å². The van der Waals surface area contributed by atoms with E-state index in [0.29, 0.717) is 11.1 Å². The molecule has 5 heteroatoms. The Balaban J connectivity index is 1.92. The summed E-state index contributed by atoms with van der Waals surface area (Å²) in [7, 11) is 0. The van der Waals surface area contributed by atoms with Crippen LogP contribution < -0.4 is 0 Å². The monoisotopic (exact) mass is 264 g/mol. The van der Waals surface area contributed by atoms with E-state index in [1.807, 2.05) is 4.40 Å². The summed E-state index contributed by atoms with van der Waals surface area (Å²) in [6.07, 6.45) is 10.8. The van der Waals surface area contributed by atoms with Crippen molar-refractivity contribution in [2.45, 2.75) is 50.9 Å². The Kier molecular flexibility index (Phi) is 3.46. The zero-order valence-electron chi connectivity index (χ0n) is 10.3. The molecule has 1 aliphatic rings. The predicted molar refractivity (Wildman–Crippen MR) is 70.9 cm³/mol. The van der Waals surface area contributed by atoms with E-state index in [1.165, 1.54) is 44.9 Å². The second-order valence-corrected chi connectivity index (χ2v) is 5.43. The fourth-order valence-electron chi connectivity index (χ4n) is 2.78. The van der Waals surface area contributed by atoms with Crippen LogP contribution in [0.5, 0.6) is 0 Å². The van der Waals surface area contributed by atoms with Crippen molar-refractivity contribution in [3.8, 4) is 0 Å². The van der Waals surface area contributed by atoms with Gasteiger partial charge in [-0.05, 0) is 12.8 Å². The van der Waals surface area contributed by atoms with Gasteiger partial charge in [0.25, 0.3) is 0 Å². The van der Waals surface area contributed by atoms with Gasteiger partial charge < -0.3 is 0 Å². The normalized spacial score (nSPS) is 18.7. The molecule has 4 nitrogen and oxygen atoms in total. The molecule has 96 valence electrons. The topological polar surface area (TPSA) is 43.1 Å². The lowest BCUT2D eigenvalue weighted by Gasteiger charge is -2.17. The molecule has 0 radical (unpaired) electrons. The maximum atomic E-state index is 5.87. The van der Waals surface area contributed by atoms with Crippen molar-refractivity contribution in [1.82, 2.24) is 19.6 Å². The Bertz CT molecular complexity index is 529. The maximum Gasteiger partial charge on any atom is 0.165 e. The third-order valence-electron chi connectivity index (χ3n) is 3.76. The van der Waals surface area contributed by atoms with Crippen LogP contribution in [0.1, 0.15) is 56.7 Å². The molecule has 0 spiro atoms. The lowest BCUT2D eigenvalue weighted by atomic mass is 9.90. The molecule has 0 amide bonds. The molecule has 18 heavy (non-hydrogen) atoms. The highest BCUT2D eigenvalue weighted by molar-refractivity contribution is 6.29. The van der Waals surface area contributed by atoms with Crippen LogP contribution >= 0.6 is 11.6 Å². The molecular weight excluding hydrogens is 248 g/mol. The van der Waals surface area contributed by atoms with Crippen molar-refractivity contribution < 1.29 is 0 Å². The van der Waals surface area contributed by atoms with Crippen LogP contribution in [0.15, 0.2) is 12.4 Å². The van der Waals surface area contributed by atoms with Crippen LogP contribution in [-0.4, -0.2) is 19.6 Å². The Hall–Kier alpha value is -1.16. The van der Waals surface area contributed by atoms with Crippen molar-refractivity contribution in [2.24, 2.45) is 0 Å². The standard InChI is InChI=1S/C13H17ClN4/c14-11-8-12-16-17-13(18(12)9-15-11)10-6-4-2-1-3-5-7-10/h8-10H,1-7H2. The van der Waals surface area contributed by atoms with Crippen LogP contribution in [0.3, 0.4) is 0 Å². The fraction of sp³-hybridized carbons (Fsp3) is 0.615. The summed E-state index contributed by atoms with van der Waals surface area (Å²) in [4.78, 5) is 4.13. The molecule has 1 aliphatic carbocycles. The second-order valence-electron chi connectivity index (χ2n) is 5.04. The van der Waals surface area contributed by atoms with E-state index in [9.17, 15) is 0 Å². The summed E-state index contributed by atoms with van der Waals surface area (Å²) in [5.41, 5.74) is 0.798. The number of rotatable bonds is 1. The van der Waals surface area contributed by atoms with Crippen molar-refractivity contribution in [1.29, 1.82) is 0 Å². The first-order valence-electron chi connectivity index (χ1n) is 6.71. The molecule has 0 aromatic carbocycles. The molecule has 1 fully saturated rings. The minimum Gasteiger partial charge on any atom is -0.269 e. The zero-order chi connectivity index (χ0) is 12.4. The Morgan fingerprint density at radius 1 is 1.06 bits per heavy atom. The minimum atomic E-state index is 0.471. The molecule has 0 aliphatic heterocycles. The maximum absolute atomic E-state index is 5.87. The Labute approximate surface area is 111 Å². The molecule has 2 heterocycles. The number of hydrogen-bond acceptors (Lipinski definition) is 3. The molecule has 2 aromatic rings. The van der Waals surface area contributed by atoms with E-state index < -0.39 is 0 Å². The molecule has 1 saturated carbocycles. The third-order valence-corrected chi connectivity index (χ3v) is 3.97. The number of fused-ring (bicyclic) bond motifs is 1. The van der Waals surface area contributed by atoms with E-state index in [1.54, 1.807) is 12.4 Å². The van der Waals surface area contributed by atoms with Crippen molar-refractivity contribution in [3.63, 3.8) is 0 Å². The van der Waals surface area contributed by atoms with Crippen LogP contribution in [0.2, 0.25) is 5.15 Å². The van der Waals surface area contributed by atoms with Gasteiger partial charge in [-0.25, -0.2) is 4.98 Å². The highest BCUT2D eigenvalue weighted by Crippen LogP contribution is 2.30. The summed E-state index contributed by atoms with van der Waals surface area (Å²) < 4.78 is 1.98. The van der Waals surface area contributed by atoms with Crippen LogP contribution in [-0.2, 0) is 0 Å². The first-order chi connectivity index (χ1) is 8.84. The van der Waals surface area contributed by atoms with E-state index in [0.717, 1.165) is 11.5 Å². The van der Waals surface area contributed by atoms with E-state index in [2.05, 4.69) is 15.2 Å². The van der Waals surface area contributed by atoms with Gasteiger partial charge in [0.1, 0.15) is 17.3 Å². The summed E-state index contributed by atoms with van der Waals surface area (Å²) in [6.45, 7) is 0. The first kappa shape index (κ1) is 11.9. The van der Waals surface area contributed by atoms with E-state index in [4.69, 9.17) is 11.6 Å². The summed E-state index contributed by atoms with van der Waals surface area (Å²) >= 11 is 5.87. The highest BCUT2D eigenvalue weighted by atomic mass is 35.5. The third kappa shape index (κ3) is 2.34. The first-order valence-corrected chi connectivity index (χ1v) is 7.08. The van der Waals surface area contributed by atoms with Gasteiger partial charge in [-0.15, -0.1) is 10.2 Å². The minimum absolute atomic E-state index is 0.471. The molecular formula is C13H17ClN4. The van der Waals surface area contributed by atoms with Crippen LogP contribution in [0.4, 0.5) is 0 Å². The molecule has 0 N–H and O–H groups in total. The average molecular weight is 265 g/mol. The van der Waals surface area contributed by atoms with Crippen LogP contribution in [0.25, 0.3) is 5.65 Å². The second kappa shape index (κ2) is 5.22. The zero-order valence-corrected chi connectivity index (χ0v) is 11.1. The fourth-order valence-corrected chi connectivity index (χ4v) is 2.92. The quantitative estimate of drug-likeness (QED) is 0.739. The molecule has 3 rings (SSSR count). The van der Waals surface area contributed by atoms with Gasteiger partial charge in [-0.1, -0.05) is 43.7 Å². The lowest BCUT2D eigenvalue weighted by Crippen LogP contribution is -2.07. The molecule has 0 bridgehead atoms. The predicted octanol–water partition coefficient (Wildman–Crippen LogP) is 3.61. The SMILES string of the molecule is Clc1cc2nnc(C3CCCCCCC3)n2cn1. The van der Waals surface area contributed by atoms with E-state index in [-0.39, 0.29) is 0 Å². The van der Waals surface area contributed by atoms with E-state index >= 15 is 0 Å². The average Bonchev–Trinajstić information content (AvgIpc) is 2.71. The highest BCUT2D eigenvalue weighted by Gasteiger charge is 2.19. The molecule has 0 unspecified atom stereocenters. The van der Waals surface area contributed by atoms with Gasteiger partial charge in [-0.2, -0.15) is 0 Å². The van der Waals surface area contributed by atoms with Gasteiger partial charge in [0.2, 0.25) is 0 Å². The molecule has 2 aromatic heterocycles. The van der Waals surface area contributed by atoms with Gasteiger partial charge >= 0.3 is 0 Å². The molecule has 0 atom stereocenters. The van der Waals surface area contributed by atoms with Gasteiger partial charge in [0.15, 0.2) is 5.65 Å². The van der Waals surface area contributed by atoms with Gasteiger partial charge in [0.05, 0.1) is 0 Å². The number of aromatic nitrogens is 4. The van der Waals surface area contributed by atoms with Gasteiger partial charge in [0, 0.05) is 12.0 Å². The lowest BCUT2D eigenvalue weighted by molar-refractivity contribution is 0.440.